The summed E-state index contributed by atoms with van der Waals surface area (Å²) in [5.74, 6) is 0.983. The SMILES string of the molecule is O[C@H]1C[C@@H](c2ccccc2)[C@]2(c3ccc(Cl)cc3)Oc3cc(OCCCN4CCCC4)ccc3[C@]12O. The molecule has 6 rings (SSSR count). The lowest BCUT2D eigenvalue weighted by Gasteiger charge is -2.40. The largest absolute Gasteiger partial charge is 0.493 e. The highest BCUT2D eigenvalue weighted by Gasteiger charge is 2.72. The smallest absolute Gasteiger partial charge is 0.176 e. The van der Waals surface area contributed by atoms with Gasteiger partial charge in [0.2, 0.25) is 0 Å². The number of fused-ring (bicyclic) bond motifs is 3. The number of nitrogens with zero attached hydrogens (tertiary/aromatic N) is 1. The molecule has 1 saturated heterocycles. The molecule has 2 heterocycles. The molecule has 5 nitrogen and oxygen atoms in total. The summed E-state index contributed by atoms with van der Waals surface area (Å²) in [5, 5.41) is 24.3. The van der Waals surface area contributed by atoms with Gasteiger partial charge in [0.25, 0.3) is 0 Å². The Morgan fingerprint density at radius 1 is 1.00 bits per heavy atom. The van der Waals surface area contributed by atoms with Crippen molar-refractivity contribution in [2.75, 3.05) is 26.2 Å². The second kappa shape index (κ2) is 9.38. The van der Waals surface area contributed by atoms with Gasteiger partial charge in [0.15, 0.2) is 11.2 Å². The molecule has 1 aliphatic carbocycles. The summed E-state index contributed by atoms with van der Waals surface area (Å²) in [5.41, 5.74) is -0.439. The maximum Gasteiger partial charge on any atom is 0.176 e. The molecular weight excluding hydrogens is 474 g/mol. The van der Waals surface area contributed by atoms with Crippen molar-refractivity contribution in [1.82, 2.24) is 4.90 Å². The van der Waals surface area contributed by atoms with E-state index in [0.29, 0.717) is 35.1 Å². The van der Waals surface area contributed by atoms with Crippen molar-refractivity contribution in [3.63, 3.8) is 0 Å². The summed E-state index contributed by atoms with van der Waals surface area (Å²) < 4.78 is 12.8. The van der Waals surface area contributed by atoms with E-state index in [1.54, 1.807) is 12.1 Å². The lowest BCUT2D eigenvalue weighted by atomic mass is 9.71. The Morgan fingerprint density at radius 3 is 2.50 bits per heavy atom. The fourth-order valence-corrected chi connectivity index (χ4v) is 6.61. The molecule has 0 amide bonds. The normalized spacial score (nSPS) is 29.1. The van der Waals surface area contributed by atoms with E-state index in [9.17, 15) is 10.2 Å². The van der Waals surface area contributed by atoms with Gasteiger partial charge in [-0.05, 0) is 74.2 Å². The van der Waals surface area contributed by atoms with Crippen LogP contribution in [0.2, 0.25) is 5.02 Å². The first-order valence-corrected chi connectivity index (χ1v) is 13.3. The van der Waals surface area contributed by atoms with Gasteiger partial charge in [0, 0.05) is 29.1 Å². The Hall–Kier alpha value is -2.57. The average molecular weight is 506 g/mol. The second-order valence-electron chi connectivity index (χ2n) is 10.2. The van der Waals surface area contributed by atoms with Gasteiger partial charge in [-0.15, -0.1) is 0 Å². The van der Waals surface area contributed by atoms with Gasteiger partial charge in [0.1, 0.15) is 11.5 Å². The lowest BCUT2D eigenvalue weighted by molar-refractivity contribution is -0.149. The first kappa shape index (κ1) is 23.8. The molecule has 0 aromatic heterocycles. The molecule has 2 aliphatic heterocycles. The predicted octanol–water partition coefficient (Wildman–Crippen LogP) is 5.23. The number of likely N-dealkylation sites (tertiary alicyclic amines) is 1. The topological polar surface area (TPSA) is 62.2 Å². The first-order chi connectivity index (χ1) is 17.5. The van der Waals surface area contributed by atoms with Crippen molar-refractivity contribution in [3.8, 4) is 11.5 Å². The standard InChI is InChI=1S/C30H32ClNO4/c31-23-11-9-22(10-12-23)30-26(21-7-2-1-3-8-21)20-28(33)29(30,34)25-14-13-24(19-27(25)36-30)35-18-6-17-32-15-4-5-16-32/h1-3,7-14,19,26,28,33-34H,4-6,15-18,20H2/t26-,28-,29-,30-/m0/s1. The average Bonchev–Trinajstić information content (AvgIpc) is 3.56. The number of hydrogen-bond donors (Lipinski definition) is 2. The van der Waals surface area contributed by atoms with Gasteiger partial charge in [-0.1, -0.05) is 54.1 Å². The van der Waals surface area contributed by atoms with E-state index >= 15 is 0 Å². The van der Waals surface area contributed by atoms with E-state index in [2.05, 4.69) is 4.90 Å². The van der Waals surface area contributed by atoms with E-state index in [1.807, 2.05) is 60.7 Å². The molecule has 0 spiro atoms. The Balaban J connectivity index is 1.34. The van der Waals surface area contributed by atoms with Crippen LogP contribution in [0.25, 0.3) is 0 Å². The summed E-state index contributed by atoms with van der Waals surface area (Å²) in [7, 11) is 0. The van der Waals surface area contributed by atoms with Crippen molar-refractivity contribution in [1.29, 1.82) is 0 Å². The summed E-state index contributed by atoms with van der Waals surface area (Å²) in [4.78, 5) is 2.48. The fraction of sp³-hybridized carbons (Fsp3) is 0.400. The minimum absolute atomic E-state index is 0.267. The van der Waals surface area contributed by atoms with Gasteiger partial charge in [-0.3, -0.25) is 0 Å². The fourth-order valence-electron chi connectivity index (χ4n) is 6.48. The third-order valence-electron chi connectivity index (χ3n) is 8.19. The summed E-state index contributed by atoms with van der Waals surface area (Å²) in [6, 6.07) is 22.9. The Labute approximate surface area is 217 Å². The molecule has 3 aromatic carbocycles. The van der Waals surface area contributed by atoms with Crippen molar-refractivity contribution in [2.45, 2.75) is 48.9 Å². The van der Waals surface area contributed by atoms with Crippen LogP contribution in [-0.4, -0.2) is 47.5 Å². The molecule has 2 N–H and O–H groups in total. The molecule has 0 radical (unpaired) electrons. The van der Waals surface area contributed by atoms with Crippen molar-refractivity contribution in [3.05, 3.63) is 94.5 Å². The molecule has 0 unspecified atom stereocenters. The predicted molar refractivity (Wildman–Crippen MR) is 140 cm³/mol. The molecule has 3 aromatic rings. The molecule has 6 heteroatoms. The maximum absolute atomic E-state index is 12.3. The minimum atomic E-state index is -1.62. The number of aliphatic hydroxyl groups excluding tert-OH is 1. The van der Waals surface area contributed by atoms with Crippen LogP contribution in [0.15, 0.2) is 72.8 Å². The molecule has 2 fully saturated rings. The van der Waals surface area contributed by atoms with Crippen LogP contribution < -0.4 is 9.47 Å². The summed E-state index contributed by atoms with van der Waals surface area (Å²) in [6.45, 7) is 4.04. The third kappa shape index (κ3) is 3.72. The zero-order valence-corrected chi connectivity index (χ0v) is 21.0. The van der Waals surface area contributed by atoms with Gasteiger partial charge >= 0.3 is 0 Å². The van der Waals surface area contributed by atoms with Crippen LogP contribution in [0.4, 0.5) is 0 Å². The van der Waals surface area contributed by atoms with Gasteiger partial charge in [0.05, 0.1) is 12.7 Å². The third-order valence-corrected chi connectivity index (χ3v) is 8.45. The highest BCUT2D eigenvalue weighted by molar-refractivity contribution is 6.30. The molecule has 1 saturated carbocycles. The van der Waals surface area contributed by atoms with Crippen LogP contribution in [0.3, 0.4) is 0 Å². The Kier molecular flexibility index (Phi) is 6.21. The first-order valence-electron chi connectivity index (χ1n) is 12.9. The highest BCUT2D eigenvalue weighted by atomic mass is 35.5. The molecule has 36 heavy (non-hydrogen) atoms. The zero-order valence-electron chi connectivity index (χ0n) is 20.3. The number of hydrogen-bond acceptors (Lipinski definition) is 5. The second-order valence-corrected chi connectivity index (χ2v) is 10.7. The highest BCUT2D eigenvalue weighted by Crippen LogP contribution is 2.66. The van der Waals surface area contributed by atoms with E-state index in [4.69, 9.17) is 21.1 Å². The minimum Gasteiger partial charge on any atom is -0.493 e. The van der Waals surface area contributed by atoms with Crippen LogP contribution in [0.1, 0.15) is 48.3 Å². The number of rotatable bonds is 7. The zero-order chi connectivity index (χ0) is 24.8. The molecule has 3 aliphatic rings. The van der Waals surface area contributed by atoms with E-state index < -0.39 is 17.3 Å². The number of benzene rings is 3. The summed E-state index contributed by atoms with van der Waals surface area (Å²) in [6.07, 6.45) is 2.91. The molecule has 0 bridgehead atoms. The molecule has 4 atom stereocenters. The van der Waals surface area contributed by atoms with E-state index in [-0.39, 0.29) is 5.92 Å². The Bertz CT molecular complexity index is 1210. The number of aliphatic hydroxyl groups is 2. The van der Waals surface area contributed by atoms with Crippen molar-refractivity contribution < 1.29 is 19.7 Å². The van der Waals surface area contributed by atoms with Crippen LogP contribution in [0.5, 0.6) is 11.5 Å². The van der Waals surface area contributed by atoms with Gasteiger partial charge in [-0.25, -0.2) is 0 Å². The maximum atomic E-state index is 12.3. The molecular formula is C30H32ClNO4. The van der Waals surface area contributed by atoms with E-state index in [1.165, 1.54) is 25.9 Å². The quantitative estimate of drug-likeness (QED) is 0.431. The van der Waals surface area contributed by atoms with Gasteiger partial charge < -0.3 is 24.6 Å². The monoisotopic (exact) mass is 505 g/mol. The van der Waals surface area contributed by atoms with E-state index in [0.717, 1.165) is 24.1 Å². The van der Waals surface area contributed by atoms with Crippen LogP contribution >= 0.6 is 11.6 Å². The van der Waals surface area contributed by atoms with Crippen LogP contribution in [0, 0.1) is 0 Å². The number of halogens is 1. The summed E-state index contributed by atoms with van der Waals surface area (Å²) >= 11 is 6.22. The van der Waals surface area contributed by atoms with Crippen molar-refractivity contribution >= 4 is 11.6 Å². The van der Waals surface area contributed by atoms with Gasteiger partial charge in [-0.2, -0.15) is 0 Å². The number of ether oxygens (including phenoxy) is 2. The van der Waals surface area contributed by atoms with Crippen molar-refractivity contribution in [2.24, 2.45) is 0 Å². The molecule has 188 valence electrons. The van der Waals surface area contributed by atoms with Crippen LogP contribution in [-0.2, 0) is 11.2 Å². The Morgan fingerprint density at radius 2 is 1.75 bits per heavy atom. The lowest BCUT2D eigenvalue weighted by Crippen LogP contribution is -2.51.